The Hall–Kier alpha value is -1.25. The molecule has 3 nitrogen and oxygen atoms in total. The second kappa shape index (κ2) is 5.86. The monoisotopic (exact) mass is 399 g/mol. The molecule has 0 aliphatic heterocycles. The van der Waals surface area contributed by atoms with Crippen molar-refractivity contribution in [2.45, 2.75) is 4.90 Å². The van der Waals surface area contributed by atoms with Crippen molar-refractivity contribution < 1.29 is 21.6 Å². The maximum Gasteiger partial charge on any atom is 0.263 e. The molecule has 0 aliphatic carbocycles. The standard InChI is InChI=1S/C12H6BrClF3NO2S/c13-6-1-4-10(7(14)5-6)21(19,20)18-9-3-2-8(15)11(16)12(9)17/h1-5,18H. The lowest BCUT2D eigenvalue weighted by atomic mass is 10.3. The second-order valence-corrected chi connectivity index (χ2v) is 6.88. The molecule has 112 valence electrons. The zero-order valence-corrected chi connectivity index (χ0v) is 13.2. The molecule has 21 heavy (non-hydrogen) atoms. The van der Waals surface area contributed by atoms with E-state index in [9.17, 15) is 21.6 Å². The fourth-order valence-electron chi connectivity index (χ4n) is 1.50. The molecule has 0 heterocycles. The van der Waals surface area contributed by atoms with Crippen LogP contribution in [-0.4, -0.2) is 8.42 Å². The van der Waals surface area contributed by atoms with Crippen LogP contribution < -0.4 is 4.72 Å². The molecule has 0 spiro atoms. The molecule has 9 heteroatoms. The Morgan fingerprint density at radius 1 is 1.05 bits per heavy atom. The van der Waals surface area contributed by atoms with Crippen molar-refractivity contribution in [3.8, 4) is 0 Å². The molecule has 0 aromatic heterocycles. The first-order valence-corrected chi connectivity index (χ1v) is 7.99. The van der Waals surface area contributed by atoms with Gasteiger partial charge in [-0.2, -0.15) is 0 Å². The smallest absolute Gasteiger partial charge is 0.263 e. The lowest BCUT2D eigenvalue weighted by Crippen LogP contribution is -2.15. The van der Waals surface area contributed by atoms with Gasteiger partial charge in [-0.15, -0.1) is 0 Å². The molecule has 1 N–H and O–H groups in total. The van der Waals surface area contributed by atoms with Gasteiger partial charge in [0.2, 0.25) is 0 Å². The maximum atomic E-state index is 13.5. The summed E-state index contributed by atoms with van der Waals surface area (Å²) in [5, 5.41) is -0.111. The fraction of sp³-hybridized carbons (Fsp3) is 0. The molecule has 0 bridgehead atoms. The highest BCUT2D eigenvalue weighted by atomic mass is 79.9. The van der Waals surface area contributed by atoms with Crippen molar-refractivity contribution in [3.05, 3.63) is 57.3 Å². The predicted molar refractivity (Wildman–Crippen MR) is 76.3 cm³/mol. The van der Waals surface area contributed by atoms with E-state index in [1.54, 1.807) is 0 Å². The molecule has 0 amide bonds. The molecule has 0 fully saturated rings. The van der Waals surface area contributed by atoms with Gasteiger partial charge in [0.05, 0.1) is 10.7 Å². The number of anilines is 1. The van der Waals surface area contributed by atoms with Crippen LogP contribution in [0.4, 0.5) is 18.9 Å². The number of halogens is 5. The van der Waals surface area contributed by atoms with Crippen molar-refractivity contribution in [2.24, 2.45) is 0 Å². The maximum absolute atomic E-state index is 13.5. The van der Waals surface area contributed by atoms with Crippen LogP contribution in [0.25, 0.3) is 0 Å². The summed E-state index contributed by atoms with van der Waals surface area (Å²) < 4.78 is 65.9. The third-order valence-corrected chi connectivity index (χ3v) is 4.80. The number of hydrogen-bond acceptors (Lipinski definition) is 2. The largest absolute Gasteiger partial charge is 0.276 e. The van der Waals surface area contributed by atoms with Crippen LogP contribution in [-0.2, 0) is 10.0 Å². The third-order valence-electron chi connectivity index (χ3n) is 2.46. The first kappa shape index (κ1) is 16.1. The van der Waals surface area contributed by atoms with Gasteiger partial charge in [0.15, 0.2) is 17.5 Å². The summed E-state index contributed by atoms with van der Waals surface area (Å²) in [5.41, 5.74) is -0.715. The summed E-state index contributed by atoms with van der Waals surface area (Å²) in [7, 11) is -4.24. The zero-order chi connectivity index (χ0) is 15.8. The van der Waals surface area contributed by atoms with E-state index in [2.05, 4.69) is 15.9 Å². The van der Waals surface area contributed by atoms with Gasteiger partial charge in [-0.3, -0.25) is 4.72 Å². The Kier molecular flexibility index (Phi) is 4.50. The van der Waals surface area contributed by atoms with E-state index in [-0.39, 0.29) is 9.92 Å². The van der Waals surface area contributed by atoms with E-state index in [4.69, 9.17) is 11.6 Å². The average molecular weight is 401 g/mol. The molecule has 0 radical (unpaired) electrons. The average Bonchev–Trinajstić information content (AvgIpc) is 2.39. The van der Waals surface area contributed by atoms with E-state index in [0.717, 1.165) is 6.07 Å². The topological polar surface area (TPSA) is 46.2 Å². The van der Waals surface area contributed by atoms with Gasteiger partial charge in [0.1, 0.15) is 4.90 Å². The van der Waals surface area contributed by atoms with Gasteiger partial charge in [-0.05, 0) is 30.3 Å². The summed E-state index contributed by atoms with van der Waals surface area (Å²) in [6, 6.07) is 5.32. The minimum Gasteiger partial charge on any atom is -0.276 e. The summed E-state index contributed by atoms with van der Waals surface area (Å²) in [5.74, 6) is -4.82. The Bertz CT molecular complexity index is 814. The second-order valence-electron chi connectivity index (χ2n) is 3.90. The number of rotatable bonds is 3. The van der Waals surface area contributed by atoms with Crippen LogP contribution in [0, 0.1) is 17.5 Å². The fourth-order valence-corrected chi connectivity index (χ4v) is 3.60. The Morgan fingerprint density at radius 2 is 1.71 bits per heavy atom. The van der Waals surface area contributed by atoms with E-state index in [1.165, 1.54) is 18.2 Å². The minimum absolute atomic E-state index is 0.111. The van der Waals surface area contributed by atoms with Crippen molar-refractivity contribution in [2.75, 3.05) is 4.72 Å². The highest BCUT2D eigenvalue weighted by molar-refractivity contribution is 9.10. The number of benzene rings is 2. The zero-order valence-electron chi connectivity index (χ0n) is 10.0. The molecule has 2 rings (SSSR count). The number of nitrogens with one attached hydrogen (secondary N) is 1. The molecule has 0 unspecified atom stereocenters. The lowest BCUT2D eigenvalue weighted by Gasteiger charge is -2.11. The van der Waals surface area contributed by atoms with Crippen LogP contribution in [0.3, 0.4) is 0 Å². The molecule has 2 aromatic carbocycles. The Labute approximate surface area is 131 Å². The summed E-state index contributed by atoms with van der Waals surface area (Å²) in [6.07, 6.45) is 0. The van der Waals surface area contributed by atoms with E-state index in [1.807, 2.05) is 4.72 Å². The highest BCUT2D eigenvalue weighted by Crippen LogP contribution is 2.28. The van der Waals surface area contributed by atoms with E-state index < -0.39 is 33.2 Å². The van der Waals surface area contributed by atoms with Crippen LogP contribution in [0.1, 0.15) is 0 Å². The Morgan fingerprint density at radius 3 is 2.33 bits per heavy atom. The van der Waals surface area contributed by atoms with Crippen molar-refractivity contribution >= 4 is 43.2 Å². The van der Waals surface area contributed by atoms with Gasteiger partial charge in [-0.1, -0.05) is 27.5 Å². The summed E-state index contributed by atoms with van der Waals surface area (Å²) >= 11 is 8.91. The van der Waals surface area contributed by atoms with E-state index in [0.29, 0.717) is 10.5 Å². The molecule has 0 saturated carbocycles. The Balaban J connectivity index is 2.45. The first-order chi connectivity index (χ1) is 9.72. The SMILES string of the molecule is O=S(=O)(Nc1ccc(F)c(F)c1F)c1ccc(Br)cc1Cl. The molecule has 2 aromatic rings. The number of hydrogen-bond donors (Lipinski definition) is 1. The van der Waals surface area contributed by atoms with Crippen LogP contribution in [0.5, 0.6) is 0 Å². The first-order valence-electron chi connectivity index (χ1n) is 5.34. The molecular formula is C12H6BrClF3NO2S. The molecule has 0 saturated heterocycles. The van der Waals surface area contributed by atoms with Gasteiger partial charge < -0.3 is 0 Å². The van der Waals surface area contributed by atoms with Crippen LogP contribution in [0.15, 0.2) is 39.7 Å². The van der Waals surface area contributed by atoms with Crippen LogP contribution in [0.2, 0.25) is 5.02 Å². The van der Waals surface area contributed by atoms with E-state index >= 15 is 0 Å². The minimum atomic E-state index is -4.24. The van der Waals surface area contributed by atoms with Gasteiger partial charge >= 0.3 is 0 Å². The summed E-state index contributed by atoms with van der Waals surface area (Å²) in [4.78, 5) is -0.323. The van der Waals surface area contributed by atoms with Gasteiger partial charge in [0.25, 0.3) is 10.0 Å². The van der Waals surface area contributed by atoms with Crippen LogP contribution >= 0.6 is 27.5 Å². The molecule has 0 atom stereocenters. The van der Waals surface area contributed by atoms with Crippen molar-refractivity contribution in [1.29, 1.82) is 0 Å². The number of sulfonamides is 1. The summed E-state index contributed by atoms with van der Waals surface area (Å²) in [6.45, 7) is 0. The normalized spacial score (nSPS) is 11.5. The van der Waals surface area contributed by atoms with Gasteiger partial charge in [-0.25, -0.2) is 21.6 Å². The molecule has 0 aliphatic rings. The lowest BCUT2D eigenvalue weighted by molar-refractivity contribution is 0.449. The highest BCUT2D eigenvalue weighted by Gasteiger charge is 2.22. The van der Waals surface area contributed by atoms with Crippen molar-refractivity contribution in [3.63, 3.8) is 0 Å². The molecular weight excluding hydrogens is 395 g/mol. The van der Waals surface area contributed by atoms with Crippen molar-refractivity contribution in [1.82, 2.24) is 0 Å². The predicted octanol–water partition coefficient (Wildman–Crippen LogP) is 4.32. The quantitative estimate of drug-likeness (QED) is 0.780. The van der Waals surface area contributed by atoms with Gasteiger partial charge in [0, 0.05) is 4.47 Å². The third kappa shape index (κ3) is 3.33.